The fraction of sp³-hybridized carbons (Fsp3) is 0.571. The predicted octanol–water partition coefficient (Wildman–Crippen LogP) is 2.97. The highest BCUT2D eigenvalue weighted by Gasteiger charge is 2.14. The van der Waals surface area contributed by atoms with Crippen molar-refractivity contribution in [3.05, 3.63) is 33.9 Å². The molecule has 1 unspecified atom stereocenters. The van der Waals surface area contributed by atoms with Crippen LogP contribution in [-0.2, 0) is 16.1 Å². The minimum absolute atomic E-state index is 0.0445. The zero-order chi connectivity index (χ0) is 15.0. The van der Waals surface area contributed by atoms with Gasteiger partial charge in [0, 0.05) is 19.7 Å². The van der Waals surface area contributed by atoms with E-state index in [1.807, 2.05) is 19.9 Å². The van der Waals surface area contributed by atoms with Gasteiger partial charge in [0.15, 0.2) is 0 Å². The van der Waals surface area contributed by atoms with Gasteiger partial charge in [-0.25, -0.2) is 0 Å². The average molecular weight is 282 g/mol. The molecule has 0 aliphatic carbocycles. The lowest BCUT2D eigenvalue weighted by molar-refractivity contribution is -0.384. The Morgan fingerprint density at radius 2 is 2.20 bits per heavy atom. The van der Waals surface area contributed by atoms with Crippen molar-refractivity contribution >= 4 is 11.4 Å². The molecule has 1 aromatic carbocycles. The molecular weight excluding hydrogens is 260 g/mol. The van der Waals surface area contributed by atoms with E-state index in [0.29, 0.717) is 25.4 Å². The standard InChI is InChI=1S/C14H22N2O4/c1-4-7-15-13-6-5-12(8-14(13)16(17)18)10-20-11(2)9-19-3/h5-6,8,11,15H,4,7,9-10H2,1-3H3. The molecule has 0 amide bonds. The Hall–Kier alpha value is -1.66. The Kier molecular flexibility index (Phi) is 6.97. The van der Waals surface area contributed by atoms with E-state index < -0.39 is 0 Å². The minimum Gasteiger partial charge on any atom is -0.382 e. The first-order chi connectivity index (χ1) is 9.58. The largest absolute Gasteiger partial charge is 0.382 e. The highest BCUT2D eigenvalue weighted by Crippen LogP contribution is 2.26. The third-order valence-corrected chi connectivity index (χ3v) is 2.76. The summed E-state index contributed by atoms with van der Waals surface area (Å²) in [5.74, 6) is 0. The highest BCUT2D eigenvalue weighted by atomic mass is 16.6. The Morgan fingerprint density at radius 1 is 1.45 bits per heavy atom. The van der Waals surface area contributed by atoms with Crippen LogP contribution in [0.1, 0.15) is 25.8 Å². The van der Waals surface area contributed by atoms with Crippen molar-refractivity contribution in [3.8, 4) is 0 Å². The third-order valence-electron chi connectivity index (χ3n) is 2.76. The van der Waals surface area contributed by atoms with Crippen molar-refractivity contribution < 1.29 is 14.4 Å². The Bertz CT molecular complexity index is 437. The Morgan fingerprint density at radius 3 is 2.80 bits per heavy atom. The van der Waals surface area contributed by atoms with Gasteiger partial charge in [0.05, 0.1) is 24.2 Å². The number of nitrogens with zero attached hydrogens (tertiary/aromatic N) is 1. The van der Waals surface area contributed by atoms with Crippen molar-refractivity contribution in [2.45, 2.75) is 33.0 Å². The molecule has 0 bridgehead atoms. The molecule has 6 heteroatoms. The molecule has 0 spiro atoms. The van der Waals surface area contributed by atoms with Crippen LogP contribution in [0.2, 0.25) is 0 Å². The van der Waals surface area contributed by atoms with Gasteiger partial charge in [-0.3, -0.25) is 10.1 Å². The normalized spacial score (nSPS) is 12.2. The van der Waals surface area contributed by atoms with E-state index in [9.17, 15) is 10.1 Å². The SMILES string of the molecule is CCCNc1ccc(COC(C)COC)cc1[N+](=O)[O-]. The first-order valence-electron chi connectivity index (χ1n) is 6.70. The summed E-state index contributed by atoms with van der Waals surface area (Å²) in [5.41, 5.74) is 1.41. The summed E-state index contributed by atoms with van der Waals surface area (Å²) in [6.07, 6.45) is 0.869. The molecule has 0 aliphatic rings. The number of rotatable bonds is 9. The van der Waals surface area contributed by atoms with Crippen molar-refractivity contribution in [3.63, 3.8) is 0 Å². The lowest BCUT2D eigenvalue weighted by atomic mass is 10.1. The van der Waals surface area contributed by atoms with Crippen LogP contribution < -0.4 is 5.32 Å². The van der Waals surface area contributed by atoms with E-state index in [2.05, 4.69) is 5.32 Å². The second-order valence-corrected chi connectivity index (χ2v) is 4.61. The van der Waals surface area contributed by atoms with E-state index >= 15 is 0 Å². The quantitative estimate of drug-likeness (QED) is 0.557. The summed E-state index contributed by atoms with van der Waals surface area (Å²) >= 11 is 0. The van der Waals surface area contributed by atoms with Crippen LogP contribution in [0.25, 0.3) is 0 Å². The molecule has 112 valence electrons. The Balaban J connectivity index is 2.74. The smallest absolute Gasteiger partial charge is 0.292 e. The number of anilines is 1. The number of hydrogen-bond donors (Lipinski definition) is 1. The van der Waals surface area contributed by atoms with Gasteiger partial charge in [-0.15, -0.1) is 0 Å². The molecule has 0 aliphatic heterocycles. The van der Waals surface area contributed by atoms with Gasteiger partial charge in [0.1, 0.15) is 5.69 Å². The van der Waals surface area contributed by atoms with Gasteiger partial charge in [-0.1, -0.05) is 13.0 Å². The number of nitro benzene ring substituents is 1. The van der Waals surface area contributed by atoms with Gasteiger partial charge >= 0.3 is 0 Å². The fourth-order valence-corrected chi connectivity index (χ4v) is 1.75. The fourth-order valence-electron chi connectivity index (χ4n) is 1.75. The summed E-state index contributed by atoms with van der Waals surface area (Å²) in [4.78, 5) is 10.7. The van der Waals surface area contributed by atoms with E-state index in [-0.39, 0.29) is 16.7 Å². The van der Waals surface area contributed by atoms with Crippen molar-refractivity contribution in [2.24, 2.45) is 0 Å². The number of nitrogens with one attached hydrogen (secondary N) is 1. The van der Waals surface area contributed by atoms with E-state index in [1.165, 1.54) is 0 Å². The molecule has 1 atom stereocenters. The van der Waals surface area contributed by atoms with Crippen molar-refractivity contribution in [2.75, 3.05) is 25.6 Å². The van der Waals surface area contributed by atoms with Gasteiger partial charge in [-0.05, 0) is 25.0 Å². The molecule has 0 saturated heterocycles. The van der Waals surface area contributed by atoms with Crippen LogP contribution >= 0.6 is 0 Å². The molecule has 1 rings (SSSR count). The molecular formula is C14H22N2O4. The number of nitro groups is 1. The second kappa shape index (κ2) is 8.50. The first-order valence-corrected chi connectivity index (χ1v) is 6.70. The molecule has 1 aromatic rings. The maximum atomic E-state index is 11.1. The summed E-state index contributed by atoms with van der Waals surface area (Å²) in [7, 11) is 1.61. The van der Waals surface area contributed by atoms with E-state index in [1.54, 1.807) is 19.2 Å². The summed E-state index contributed by atoms with van der Waals surface area (Å²) in [6, 6.07) is 5.12. The number of ether oxygens (including phenoxy) is 2. The maximum Gasteiger partial charge on any atom is 0.292 e. The maximum absolute atomic E-state index is 11.1. The zero-order valence-corrected chi connectivity index (χ0v) is 12.2. The van der Waals surface area contributed by atoms with Crippen molar-refractivity contribution in [1.82, 2.24) is 0 Å². The van der Waals surface area contributed by atoms with E-state index in [0.717, 1.165) is 12.0 Å². The van der Waals surface area contributed by atoms with Crippen LogP contribution in [-0.4, -0.2) is 31.3 Å². The zero-order valence-electron chi connectivity index (χ0n) is 12.2. The highest BCUT2D eigenvalue weighted by molar-refractivity contribution is 5.62. The molecule has 0 heterocycles. The predicted molar refractivity (Wildman–Crippen MR) is 78.0 cm³/mol. The summed E-state index contributed by atoms with van der Waals surface area (Å²) in [6.45, 7) is 5.45. The van der Waals surface area contributed by atoms with Gasteiger partial charge in [0.25, 0.3) is 5.69 Å². The molecule has 0 radical (unpaired) electrons. The second-order valence-electron chi connectivity index (χ2n) is 4.61. The lowest BCUT2D eigenvalue weighted by Gasteiger charge is -2.12. The number of methoxy groups -OCH3 is 1. The lowest BCUT2D eigenvalue weighted by Crippen LogP contribution is -2.14. The van der Waals surface area contributed by atoms with E-state index in [4.69, 9.17) is 9.47 Å². The summed E-state index contributed by atoms with van der Waals surface area (Å²) < 4.78 is 10.5. The van der Waals surface area contributed by atoms with Crippen LogP contribution in [0.5, 0.6) is 0 Å². The molecule has 20 heavy (non-hydrogen) atoms. The minimum atomic E-state index is -0.375. The van der Waals surface area contributed by atoms with Crippen molar-refractivity contribution in [1.29, 1.82) is 0 Å². The molecule has 0 aromatic heterocycles. The third kappa shape index (κ3) is 5.14. The van der Waals surface area contributed by atoms with Crippen LogP contribution in [0.4, 0.5) is 11.4 Å². The Labute approximate surface area is 119 Å². The molecule has 0 saturated carbocycles. The van der Waals surface area contributed by atoms with Gasteiger partial charge in [-0.2, -0.15) is 0 Å². The molecule has 6 nitrogen and oxygen atoms in total. The average Bonchev–Trinajstić information content (AvgIpc) is 2.43. The van der Waals surface area contributed by atoms with Crippen LogP contribution in [0.15, 0.2) is 18.2 Å². The number of hydrogen-bond acceptors (Lipinski definition) is 5. The van der Waals surface area contributed by atoms with Crippen LogP contribution in [0, 0.1) is 10.1 Å². The summed E-state index contributed by atoms with van der Waals surface area (Å²) in [5, 5.41) is 14.1. The van der Waals surface area contributed by atoms with Crippen LogP contribution in [0.3, 0.4) is 0 Å². The molecule has 1 N–H and O–H groups in total. The number of benzene rings is 1. The monoisotopic (exact) mass is 282 g/mol. The van der Waals surface area contributed by atoms with Gasteiger partial charge in [0.2, 0.25) is 0 Å². The van der Waals surface area contributed by atoms with Gasteiger partial charge < -0.3 is 14.8 Å². The topological polar surface area (TPSA) is 73.6 Å². The first kappa shape index (κ1) is 16.4. The molecule has 0 fully saturated rings.